The van der Waals surface area contributed by atoms with Crippen LogP contribution in [0, 0.1) is 0 Å². The summed E-state index contributed by atoms with van der Waals surface area (Å²) in [6.07, 6.45) is 3.29. The van der Waals surface area contributed by atoms with Crippen molar-refractivity contribution in [3.8, 4) is 0 Å². The molecule has 1 heterocycles. The Bertz CT molecular complexity index is 374. The highest BCUT2D eigenvalue weighted by Crippen LogP contribution is 2.38. The summed E-state index contributed by atoms with van der Waals surface area (Å²) >= 11 is 0. The number of ether oxygens (including phenoxy) is 1. The Kier molecular flexibility index (Phi) is 4.08. The summed E-state index contributed by atoms with van der Waals surface area (Å²) < 4.78 is 9.93. The lowest BCUT2D eigenvalue weighted by atomic mass is 10.3. The quantitative estimate of drug-likeness (QED) is 0.755. The molecule has 6 heteroatoms. The second kappa shape index (κ2) is 5.77. The van der Waals surface area contributed by atoms with Gasteiger partial charge in [0.05, 0.1) is 6.61 Å². The average molecular weight is 239 g/mol. The van der Waals surface area contributed by atoms with E-state index in [1.165, 1.54) is 0 Å². The van der Waals surface area contributed by atoms with Gasteiger partial charge in [-0.2, -0.15) is 4.98 Å². The minimum absolute atomic E-state index is 0.0160. The molecule has 1 aromatic rings. The Morgan fingerprint density at radius 1 is 1.59 bits per heavy atom. The third-order valence-electron chi connectivity index (χ3n) is 2.61. The molecule has 94 valence electrons. The Balaban J connectivity index is 1.65. The summed E-state index contributed by atoms with van der Waals surface area (Å²) in [6, 6.07) is 0. The molecule has 0 saturated heterocycles. The van der Waals surface area contributed by atoms with E-state index in [1.807, 2.05) is 0 Å². The van der Waals surface area contributed by atoms with E-state index in [1.54, 1.807) is 7.11 Å². The van der Waals surface area contributed by atoms with Crippen molar-refractivity contribution in [1.29, 1.82) is 0 Å². The van der Waals surface area contributed by atoms with Gasteiger partial charge < -0.3 is 14.6 Å². The van der Waals surface area contributed by atoms with Gasteiger partial charge in [-0.05, 0) is 12.8 Å². The van der Waals surface area contributed by atoms with Gasteiger partial charge in [-0.3, -0.25) is 4.79 Å². The van der Waals surface area contributed by atoms with Crippen LogP contribution >= 0.6 is 0 Å². The smallest absolute Gasteiger partial charge is 0.229 e. The number of nitrogens with zero attached hydrogens (tertiary/aromatic N) is 2. The van der Waals surface area contributed by atoms with Crippen molar-refractivity contribution < 1.29 is 14.1 Å². The first kappa shape index (κ1) is 12.0. The summed E-state index contributed by atoms with van der Waals surface area (Å²) in [4.78, 5) is 15.5. The highest BCUT2D eigenvalue weighted by molar-refractivity contribution is 5.75. The van der Waals surface area contributed by atoms with Crippen LogP contribution in [0.3, 0.4) is 0 Å². The van der Waals surface area contributed by atoms with Gasteiger partial charge in [0, 0.05) is 32.4 Å². The SMILES string of the molecule is COCCC(=O)NCCc1noc(C2CC2)n1. The van der Waals surface area contributed by atoms with Crippen molar-refractivity contribution in [2.45, 2.75) is 31.6 Å². The first-order valence-corrected chi connectivity index (χ1v) is 5.87. The number of methoxy groups -OCH3 is 1. The predicted molar refractivity (Wildman–Crippen MR) is 59.5 cm³/mol. The van der Waals surface area contributed by atoms with E-state index in [0.717, 1.165) is 18.7 Å². The van der Waals surface area contributed by atoms with E-state index in [2.05, 4.69) is 15.5 Å². The van der Waals surface area contributed by atoms with E-state index in [-0.39, 0.29) is 5.91 Å². The Morgan fingerprint density at radius 2 is 2.41 bits per heavy atom. The van der Waals surface area contributed by atoms with Gasteiger partial charge in [0.1, 0.15) is 0 Å². The van der Waals surface area contributed by atoms with Crippen molar-refractivity contribution in [2.75, 3.05) is 20.3 Å². The molecule has 0 bridgehead atoms. The molecule has 6 nitrogen and oxygen atoms in total. The molecule has 1 aromatic heterocycles. The first-order chi connectivity index (χ1) is 8.29. The second-order valence-corrected chi connectivity index (χ2v) is 4.17. The summed E-state index contributed by atoms with van der Waals surface area (Å²) in [5.41, 5.74) is 0. The molecular formula is C11H17N3O3. The largest absolute Gasteiger partial charge is 0.384 e. The van der Waals surface area contributed by atoms with Gasteiger partial charge in [-0.1, -0.05) is 5.16 Å². The fraction of sp³-hybridized carbons (Fsp3) is 0.727. The highest BCUT2D eigenvalue weighted by Gasteiger charge is 2.29. The molecule has 1 fully saturated rings. The maximum atomic E-state index is 11.3. The fourth-order valence-corrected chi connectivity index (χ4v) is 1.46. The molecule has 0 aliphatic heterocycles. The fourth-order valence-electron chi connectivity index (χ4n) is 1.46. The van der Waals surface area contributed by atoms with Crippen LogP contribution in [0.4, 0.5) is 0 Å². The average Bonchev–Trinajstić information content (AvgIpc) is 3.07. The molecule has 17 heavy (non-hydrogen) atoms. The van der Waals surface area contributed by atoms with Crippen molar-refractivity contribution in [2.24, 2.45) is 0 Å². The third kappa shape index (κ3) is 3.81. The number of nitrogens with one attached hydrogen (secondary N) is 1. The van der Waals surface area contributed by atoms with Crippen LogP contribution in [0.25, 0.3) is 0 Å². The maximum absolute atomic E-state index is 11.3. The van der Waals surface area contributed by atoms with Crippen LogP contribution < -0.4 is 5.32 Å². The molecule has 0 aromatic carbocycles. The summed E-state index contributed by atoms with van der Waals surface area (Å²) in [5.74, 6) is 1.87. The number of hydrogen-bond acceptors (Lipinski definition) is 5. The molecule has 1 N–H and O–H groups in total. The molecule has 0 spiro atoms. The molecule has 0 atom stereocenters. The molecule has 1 amide bonds. The standard InChI is InChI=1S/C11H17N3O3/c1-16-7-5-10(15)12-6-4-9-13-11(17-14-9)8-2-3-8/h8H,2-7H2,1H3,(H,12,15). The van der Waals surface area contributed by atoms with Crippen LogP contribution in [0.1, 0.15) is 36.9 Å². The minimum Gasteiger partial charge on any atom is -0.384 e. The number of amides is 1. The Hall–Kier alpha value is -1.43. The molecular weight excluding hydrogens is 222 g/mol. The molecule has 0 radical (unpaired) electrons. The topological polar surface area (TPSA) is 77.2 Å². The lowest BCUT2D eigenvalue weighted by Gasteiger charge is -2.02. The van der Waals surface area contributed by atoms with Crippen LogP contribution in [-0.4, -0.2) is 36.3 Å². The number of aromatic nitrogens is 2. The zero-order chi connectivity index (χ0) is 12.1. The number of rotatable bonds is 7. The maximum Gasteiger partial charge on any atom is 0.229 e. The van der Waals surface area contributed by atoms with Gasteiger partial charge in [0.2, 0.25) is 11.8 Å². The predicted octanol–water partition coefficient (Wildman–Crippen LogP) is 0.642. The lowest BCUT2D eigenvalue weighted by Crippen LogP contribution is -2.26. The zero-order valence-electron chi connectivity index (χ0n) is 9.94. The number of hydrogen-bond donors (Lipinski definition) is 1. The highest BCUT2D eigenvalue weighted by atomic mass is 16.5. The van der Waals surface area contributed by atoms with Crippen molar-refractivity contribution in [1.82, 2.24) is 15.5 Å². The lowest BCUT2D eigenvalue weighted by molar-refractivity contribution is -0.121. The molecule has 2 rings (SSSR count). The summed E-state index contributed by atoms with van der Waals surface area (Å²) in [7, 11) is 1.58. The summed E-state index contributed by atoms with van der Waals surface area (Å²) in [6.45, 7) is 0.978. The minimum atomic E-state index is -0.0160. The number of carbonyl (C=O) groups is 1. The second-order valence-electron chi connectivity index (χ2n) is 4.17. The Morgan fingerprint density at radius 3 is 3.12 bits per heavy atom. The van der Waals surface area contributed by atoms with E-state index < -0.39 is 0 Å². The van der Waals surface area contributed by atoms with Gasteiger partial charge >= 0.3 is 0 Å². The zero-order valence-corrected chi connectivity index (χ0v) is 9.94. The van der Waals surface area contributed by atoms with E-state index in [0.29, 0.717) is 37.7 Å². The molecule has 1 saturated carbocycles. The molecule has 0 unspecified atom stereocenters. The van der Waals surface area contributed by atoms with Crippen LogP contribution in [0.15, 0.2) is 4.52 Å². The first-order valence-electron chi connectivity index (χ1n) is 5.87. The van der Waals surface area contributed by atoms with Gasteiger partial charge in [0.15, 0.2) is 5.82 Å². The van der Waals surface area contributed by atoms with Gasteiger partial charge in [0.25, 0.3) is 0 Å². The summed E-state index contributed by atoms with van der Waals surface area (Å²) in [5, 5.41) is 6.65. The number of carbonyl (C=O) groups excluding carboxylic acids is 1. The monoisotopic (exact) mass is 239 g/mol. The van der Waals surface area contributed by atoms with Crippen LogP contribution in [-0.2, 0) is 16.0 Å². The van der Waals surface area contributed by atoms with Crippen molar-refractivity contribution >= 4 is 5.91 Å². The van der Waals surface area contributed by atoms with Crippen LogP contribution in [0.5, 0.6) is 0 Å². The van der Waals surface area contributed by atoms with Gasteiger partial charge in [-0.25, -0.2) is 0 Å². The van der Waals surface area contributed by atoms with E-state index in [4.69, 9.17) is 9.26 Å². The van der Waals surface area contributed by atoms with Crippen LogP contribution in [0.2, 0.25) is 0 Å². The van der Waals surface area contributed by atoms with E-state index >= 15 is 0 Å². The van der Waals surface area contributed by atoms with Crippen molar-refractivity contribution in [3.05, 3.63) is 11.7 Å². The molecule has 1 aliphatic rings. The van der Waals surface area contributed by atoms with Crippen molar-refractivity contribution in [3.63, 3.8) is 0 Å². The molecule has 1 aliphatic carbocycles. The normalized spacial score (nSPS) is 14.9. The Labute approximate surface area is 99.7 Å². The third-order valence-corrected chi connectivity index (χ3v) is 2.61. The van der Waals surface area contributed by atoms with E-state index in [9.17, 15) is 4.79 Å². The van der Waals surface area contributed by atoms with Gasteiger partial charge in [-0.15, -0.1) is 0 Å².